The van der Waals surface area contributed by atoms with Gasteiger partial charge in [0.2, 0.25) is 5.91 Å². The molecule has 0 aliphatic carbocycles. The van der Waals surface area contributed by atoms with E-state index in [0.29, 0.717) is 37.6 Å². The van der Waals surface area contributed by atoms with E-state index in [9.17, 15) is 9.59 Å². The third-order valence-corrected chi connectivity index (χ3v) is 4.45. The Hall–Kier alpha value is -3.16. The van der Waals surface area contributed by atoms with Gasteiger partial charge in [0, 0.05) is 38.4 Å². The molecule has 0 saturated carbocycles. The zero-order valence-electron chi connectivity index (χ0n) is 18.1. The lowest BCUT2D eigenvalue weighted by Gasteiger charge is -2.24. The van der Waals surface area contributed by atoms with Crippen molar-refractivity contribution in [1.82, 2.24) is 20.2 Å². The number of methoxy groups -OCH3 is 2. The van der Waals surface area contributed by atoms with E-state index in [2.05, 4.69) is 15.3 Å². The Balaban J connectivity index is 1.84. The molecule has 0 radical (unpaired) electrons. The fraction of sp³-hybridized carbons (Fsp3) is 0.455. The number of hydrogen-bond acceptors (Lipinski definition) is 6. The van der Waals surface area contributed by atoms with E-state index in [1.165, 1.54) is 18.6 Å². The van der Waals surface area contributed by atoms with Crippen molar-refractivity contribution in [1.29, 1.82) is 0 Å². The van der Waals surface area contributed by atoms with Gasteiger partial charge in [0.15, 0.2) is 11.5 Å². The molecule has 0 aliphatic rings. The molecule has 2 amide bonds. The quantitative estimate of drug-likeness (QED) is 0.607. The minimum atomic E-state index is -0.213. The maximum Gasteiger partial charge on any atom is 0.274 e. The van der Waals surface area contributed by atoms with Crippen LogP contribution in [0.15, 0.2) is 36.8 Å². The van der Waals surface area contributed by atoms with E-state index in [-0.39, 0.29) is 29.8 Å². The lowest BCUT2D eigenvalue weighted by atomic mass is 10.1. The van der Waals surface area contributed by atoms with Gasteiger partial charge >= 0.3 is 0 Å². The lowest BCUT2D eigenvalue weighted by Crippen LogP contribution is -2.38. The second-order valence-corrected chi connectivity index (χ2v) is 7.27. The second-order valence-electron chi connectivity index (χ2n) is 7.27. The molecule has 0 spiro atoms. The van der Waals surface area contributed by atoms with Crippen molar-refractivity contribution >= 4 is 11.8 Å². The highest BCUT2D eigenvalue weighted by atomic mass is 16.5. The fourth-order valence-electron chi connectivity index (χ4n) is 3.00. The monoisotopic (exact) mass is 414 g/mol. The molecule has 0 bridgehead atoms. The highest BCUT2D eigenvalue weighted by Gasteiger charge is 2.19. The van der Waals surface area contributed by atoms with Crippen LogP contribution >= 0.6 is 0 Å². The van der Waals surface area contributed by atoms with E-state index in [1.54, 1.807) is 19.1 Å². The van der Waals surface area contributed by atoms with Crippen LogP contribution in [0.4, 0.5) is 0 Å². The summed E-state index contributed by atoms with van der Waals surface area (Å²) in [5.41, 5.74) is 1.32. The van der Waals surface area contributed by atoms with Gasteiger partial charge in [-0.15, -0.1) is 0 Å². The second kappa shape index (κ2) is 11.7. The van der Waals surface area contributed by atoms with E-state index >= 15 is 0 Å². The predicted molar refractivity (Wildman–Crippen MR) is 114 cm³/mol. The molecule has 162 valence electrons. The number of nitrogens with one attached hydrogen (secondary N) is 1. The van der Waals surface area contributed by atoms with E-state index in [0.717, 1.165) is 5.56 Å². The van der Waals surface area contributed by atoms with Crippen molar-refractivity contribution in [2.24, 2.45) is 5.92 Å². The maximum absolute atomic E-state index is 12.7. The predicted octanol–water partition coefficient (Wildman–Crippen LogP) is 2.34. The first-order chi connectivity index (χ1) is 14.4. The molecular weight excluding hydrogens is 384 g/mol. The van der Waals surface area contributed by atoms with Crippen molar-refractivity contribution < 1.29 is 19.1 Å². The van der Waals surface area contributed by atoms with Gasteiger partial charge in [-0.1, -0.05) is 19.9 Å². The summed E-state index contributed by atoms with van der Waals surface area (Å²) in [6, 6.07) is 5.68. The molecule has 1 aromatic carbocycles. The highest BCUT2D eigenvalue weighted by Crippen LogP contribution is 2.27. The lowest BCUT2D eigenvalue weighted by molar-refractivity contribution is -0.121. The number of nitrogens with zero attached hydrogens (tertiary/aromatic N) is 3. The van der Waals surface area contributed by atoms with Crippen LogP contribution in [0.1, 0.15) is 36.3 Å². The van der Waals surface area contributed by atoms with Gasteiger partial charge in [0.05, 0.1) is 20.4 Å². The van der Waals surface area contributed by atoms with Crippen LogP contribution in [0.25, 0.3) is 0 Å². The van der Waals surface area contributed by atoms with Crippen LogP contribution in [-0.2, 0) is 11.2 Å². The fourth-order valence-corrected chi connectivity index (χ4v) is 3.00. The summed E-state index contributed by atoms with van der Waals surface area (Å²) in [4.78, 5) is 34.6. The number of rotatable bonds is 11. The standard InChI is InChI=1S/C22H30N4O4/c1-16(2)15-26(22(28)18-14-23-10-11-24-18)12-8-21(27)25-9-7-17-5-6-19(29-3)20(13-17)30-4/h5-6,10-11,13-14,16H,7-9,12,15H2,1-4H3,(H,25,27). The molecule has 0 aliphatic heterocycles. The average molecular weight is 415 g/mol. The summed E-state index contributed by atoms with van der Waals surface area (Å²) in [6.07, 6.45) is 5.35. The van der Waals surface area contributed by atoms with Crippen LogP contribution in [-0.4, -0.2) is 60.5 Å². The molecular formula is C22H30N4O4. The first-order valence-electron chi connectivity index (χ1n) is 9.97. The number of aromatic nitrogens is 2. The highest BCUT2D eigenvalue weighted by molar-refractivity contribution is 5.92. The van der Waals surface area contributed by atoms with Gasteiger partial charge in [-0.2, -0.15) is 0 Å². The summed E-state index contributed by atoms with van der Waals surface area (Å²) in [7, 11) is 3.18. The minimum absolute atomic E-state index is 0.101. The number of carbonyl (C=O) groups excluding carboxylic acids is 2. The zero-order chi connectivity index (χ0) is 21.9. The molecule has 2 rings (SSSR count). The molecule has 30 heavy (non-hydrogen) atoms. The largest absolute Gasteiger partial charge is 0.493 e. The first kappa shape index (κ1) is 23.1. The Labute approximate surface area is 177 Å². The van der Waals surface area contributed by atoms with Crippen molar-refractivity contribution in [2.75, 3.05) is 33.9 Å². The van der Waals surface area contributed by atoms with Crippen molar-refractivity contribution in [3.05, 3.63) is 48.0 Å². The molecule has 8 heteroatoms. The summed E-state index contributed by atoms with van der Waals surface area (Å²) >= 11 is 0. The van der Waals surface area contributed by atoms with Crippen LogP contribution in [0.3, 0.4) is 0 Å². The third-order valence-electron chi connectivity index (χ3n) is 4.45. The summed E-state index contributed by atoms with van der Waals surface area (Å²) < 4.78 is 10.5. The van der Waals surface area contributed by atoms with Crippen LogP contribution in [0, 0.1) is 5.92 Å². The van der Waals surface area contributed by atoms with Gasteiger partial charge in [0.1, 0.15) is 5.69 Å². The Kier molecular flexibility index (Phi) is 9.05. The first-order valence-corrected chi connectivity index (χ1v) is 9.97. The molecule has 0 unspecified atom stereocenters. The molecule has 8 nitrogen and oxygen atoms in total. The normalized spacial score (nSPS) is 10.6. The summed E-state index contributed by atoms with van der Waals surface area (Å²) in [5, 5.41) is 2.91. The van der Waals surface area contributed by atoms with Crippen LogP contribution in [0.2, 0.25) is 0 Å². The van der Waals surface area contributed by atoms with Crippen molar-refractivity contribution in [3.63, 3.8) is 0 Å². The van der Waals surface area contributed by atoms with Gasteiger partial charge in [-0.05, 0) is 30.0 Å². The Morgan fingerprint density at radius 3 is 2.53 bits per heavy atom. The van der Waals surface area contributed by atoms with Gasteiger partial charge in [0.25, 0.3) is 5.91 Å². The Morgan fingerprint density at radius 2 is 1.90 bits per heavy atom. The van der Waals surface area contributed by atoms with E-state index in [4.69, 9.17) is 9.47 Å². The van der Waals surface area contributed by atoms with Crippen LogP contribution < -0.4 is 14.8 Å². The topological polar surface area (TPSA) is 93.7 Å². The molecule has 1 heterocycles. The number of benzene rings is 1. The zero-order valence-corrected chi connectivity index (χ0v) is 18.1. The van der Waals surface area contributed by atoms with Gasteiger partial charge in [-0.3, -0.25) is 14.6 Å². The summed E-state index contributed by atoms with van der Waals surface area (Å²) in [6.45, 7) is 5.43. The molecule has 0 fully saturated rings. The van der Waals surface area contributed by atoms with Crippen molar-refractivity contribution in [3.8, 4) is 11.5 Å². The summed E-state index contributed by atoms with van der Waals surface area (Å²) in [5.74, 6) is 1.29. The SMILES string of the molecule is COc1ccc(CCNC(=O)CCN(CC(C)C)C(=O)c2cnccn2)cc1OC. The minimum Gasteiger partial charge on any atom is -0.493 e. The van der Waals surface area contributed by atoms with Crippen molar-refractivity contribution in [2.45, 2.75) is 26.7 Å². The Bertz CT molecular complexity index is 827. The molecule has 0 saturated heterocycles. The third kappa shape index (κ3) is 7.02. The average Bonchev–Trinajstić information content (AvgIpc) is 2.76. The maximum atomic E-state index is 12.7. The number of amides is 2. The molecule has 0 atom stereocenters. The van der Waals surface area contributed by atoms with Gasteiger partial charge in [-0.25, -0.2) is 4.98 Å². The molecule has 2 aromatic rings. The number of carbonyl (C=O) groups is 2. The number of hydrogen-bond donors (Lipinski definition) is 1. The van der Waals surface area contributed by atoms with E-state index < -0.39 is 0 Å². The molecule has 1 aromatic heterocycles. The van der Waals surface area contributed by atoms with Crippen LogP contribution in [0.5, 0.6) is 11.5 Å². The molecule has 1 N–H and O–H groups in total. The number of ether oxygens (including phenoxy) is 2. The van der Waals surface area contributed by atoms with E-state index in [1.807, 2.05) is 32.0 Å². The Morgan fingerprint density at radius 1 is 1.13 bits per heavy atom. The smallest absolute Gasteiger partial charge is 0.274 e. The van der Waals surface area contributed by atoms with Gasteiger partial charge < -0.3 is 19.7 Å².